The van der Waals surface area contributed by atoms with Crippen LogP contribution in [0, 0.1) is 17.0 Å². The molecule has 2 aromatic rings. The molecule has 0 unspecified atom stereocenters. The molecule has 5 nitrogen and oxygen atoms in total. The average molecular weight is 266 g/mol. The summed E-state index contributed by atoms with van der Waals surface area (Å²) in [7, 11) is 0. The Morgan fingerprint density at radius 2 is 2.11 bits per heavy atom. The van der Waals surface area contributed by atoms with Crippen molar-refractivity contribution in [1.29, 1.82) is 0 Å². The van der Waals surface area contributed by atoms with Gasteiger partial charge in [-0.2, -0.15) is 0 Å². The normalized spacial score (nSPS) is 10.3. The highest BCUT2D eigenvalue weighted by Gasteiger charge is 2.21. The fourth-order valence-corrected chi connectivity index (χ4v) is 2.01. The monoisotopic (exact) mass is 265 g/mol. The van der Waals surface area contributed by atoms with Gasteiger partial charge < -0.3 is 4.42 Å². The Morgan fingerprint density at radius 3 is 2.67 bits per heavy atom. The van der Waals surface area contributed by atoms with Gasteiger partial charge in [-0.25, -0.2) is 0 Å². The standard InChI is InChI=1S/C12H8ClNO4/c1-7-4-8(13)5-10(14(16)17)12(7)11-3-2-9(6-15)18-11/h2-6H,1H3. The SMILES string of the molecule is Cc1cc(Cl)cc([N+](=O)[O-])c1-c1ccc(C=O)o1. The molecule has 0 aliphatic rings. The largest absolute Gasteiger partial charge is 0.453 e. The molecule has 0 spiro atoms. The third-order valence-corrected chi connectivity index (χ3v) is 2.68. The molecule has 0 N–H and O–H groups in total. The van der Waals surface area contributed by atoms with Crippen molar-refractivity contribution in [3.05, 3.63) is 50.7 Å². The Balaban J connectivity index is 2.69. The first-order valence-corrected chi connectivity index (χ1v) is 5.40. The van der Waals surface area contributed by atoms with E-state index in [0.29, 0.717) is 17.4 Å². The van der Waals surface area contributed by atoms with Gasteiger partial charge in [0.1, 0.15) is 5.76 Å². The van der Waals surface area contributed by atoms with Gasteiger partial charge >= 0.3 is 0 Å². The third kappa shape index (κ3) is 2.12. The van der Waals surface area contributed by atoms with Gasteiger partial charge in [-0.05, 0) is 30.7 Å². The van der Waals surface area contributed by atoms with Crippen LogP contribution in [0.25, 0.3) is 11.3 Å². The van der Waals surface area contributed by atoms with Crippen LogP contribution in [0.3, 0.4) is 0 Å². The minimum Gasteiger partial charge on any atom is -0.453 e. The summed E-state index contributed by atoms with van der Waals surface area (Å²) in [5, 5.41) is 11.3. The number of aldehydes is 1. The Kier molecular flexibility index (Phi) is 3.16. The van der Waals surface area contributed by atoms with Gasteiger partial charge in [0.05, 0.1) is 10.5 Å². The zero-order chi connectivity index (χ0) is 13.3. The van der Waals surface area contributed by atoms with Crippen LogP contribution in [-0.2, 0) is 0 Å². The van der Waals surface area contributed by atoms with Crippen LogP contribution >= 0.6 is 11.6 Å². The van der Waals surface area contributed by atoms with Gasteiger partial charge in [-0.1, -0.05) is 11.6 Å². The highest BCUT2D eigenvalue weighted by atomic mass is 35.5. The maximum atomic E-state index is 11.0. The zero-order valence-electron chi connectivity index (χ0n) is 9.34. The molecule has 0 saturated carbocycles. The van der Waals surface area contributed by atoms with E-state index in [4.69, 9.17) is 16.0 Å². The number of hydrogen-bond acceptors (Lipinski definition) is 4. The molecule has 2 rings (SSSR count). The first kappa shape index (κ1) is 12.3. The summed E-state index contributed by atoms with van der Waals surface area (Å²) in [6.07, 6.45) is 0.542. The minimum absolute atomic E-state index is 0.119. The number of carbonyl (C=O) groups excluding carboxylic acids is 1. The first-order chi connectivity index (χ1) is 8.52. The lowest BCUT2D eigenvalue weighted by molar-refractivity contribution is -0.384. The van der Waals surface area contributed by atoms with E-state index >= 15 is 0 Å². The lowest BCUT2D eigenvalue weighted by Gasteiger charge is -2.04. The molecule has 0 fully saturated rings. The summed E-state index contributed by atoms with van der Waals surface area (Å²) in [4.78, 5) is 21.0. The van der Waals surface area contributed by atoms with Gasteiger partial charge in [-0.15, -0.1) is 0 Å². The van der Waals surface area contributed by atoms with Gasteiger partial charge in [-0.3, -0.25) is 14.9 Å². The minimum atomic E-state index is -0.530. The molecule has 0 radical (unpaired) electrons. The van der Waals surface area contributed by atoms with Crippen molar-refractivity contribution >= 4 is 23.6 Å². The van der Waals surface area contributed by atoms with Crippen molar-refractivity contribution in [2.45, 2.75) is 6.92 Å². The molecular weight excluding hydrogens is 258 g/mol. The highest BCUT2D eigenvalue weighted by Crippen LogP contribution is 2.36. The lowest BCUT2D eigenvalue weighted by atomic mass is 10.0. The summed E-state index contributed by atoms with van der Waals surface area (Å²) in [5.74, 6) is 0.395. The van der Waals surface area contributed by atoms with Crippen LogP contribution in [0.4, 0.5) is 5.69 Å². The predicted molar refractivity (Wildman–Crippen MR) is 65.9 cm³/mol. The summed E-state index contributed by atoms with van der Waals surface area (Å²) >= 11 is 5.79. The molecule has 1 heterocycles. The van der Waals surface area contributed by atoms with Crippen LogP contribution in [0.5, 0.6) is 0 Å². The molecule has 1 aromatic heterocycles. The number of nitrogens with zero attached hydrogens (tertiary/aromatic N) is 1. The van der Waals surface area contributed by atoms with E-state index < -0.39 is 4.92 Å². The van der Waals surface area contributed by atoms with Crippen LogP contribution in [0.2, 0.25) is 5.02 Å². The van der Waals surface area contributed by atoms with Crippen LogP contribution in [-0.4, -0.2) is 11.2 Å². The van der Waals surface area contributed by atoms with Crippen LogP contribution < -0.4 is 0 Å². The summed E-state index contributed by atoms with van der Waals surface area (Å²) in [5.41, 5.74) is 0.797. The number of rotatable bonds is 3. The van der Waals surface area contributed by atoms with E-state index in [9.17, 15) is 14.9 Å². The molecule has 0 atom stereocenters. The number of benzene rings is 1. The Labute approximate surface area is 107 Å². The number of nitro groups is 1. The van der Waals surface area contributed by atoms with Gasteiger partial charge in [0.2, 0.25) is 0 Å². The predicted octanol–water partition coefficient (Wildman–Crippen LogP) is 3.63. The molecule has 0 bridgehead atoms. The molecule has 0 amide bonds. The number of hydrogen-bond donors (Lipinski definition) is 0. The molecular formula is C12H8ClNO4. The number of halogens is 1. The Morgan fingerprint density at radius 1 is 1.39 bits per heavy atom. The molecule has 0 saturated heterocycles. The van der Waals surface area contributed by atoms with Crippen LogP contribution in [0.15, 0.2) is 28.7 Å². The fourth-order valence-electron chi connectivity index (χ4n) is 1.74. The van der Waals surface area contributed by atoms with E-state index in [2.05, 4.69) is 0 Å². The average Bonchev–Trinajstić information content (AvgIpc) is 2.76. The van der Waals surface area contributed by atoms with Crippen molar-refractivity contribution in [2.75, 3.05) is 0 Å². The second-order valence-corrected chi connectivity index (χ2v) is 4.13. The second-order valence-electron chi connectivity index (χ2n) is 3.69. The number of nitro benzene ring substituents is 1. The number of furan rings is 1. The van der Waals surface area contributed by atoms with Crippen molar-refractivity contribution in [1.82, 2.24) is 0 Å². The van der Waals surface area contributed by atoms with E-state index in [1.807, 2.05) is 0 Å². The van der Waals surface area contributed by atoms with E-state index in [0.717, 1.165) is 0 Å². The van der Waals surface area contributed by atoms with E-state index in [-0.39, 0.29) is 22.2 Å². The van der Waals surface area contributed by atoms with Gasteiger partial charge in [0, 0.05) is 11.1 Å². The number of carbonyl (C=O) groups is 1. The lowest BCUT2D eigenvalue weighted by Crippen LogP contribution is -1.94. The van der Waals surface area contributed by atoms with Crippen molar-refractivity contribution in [2.24, 2.45) is 0 Å². The fraction of sp³-hybridized carbons (Fsp3) is 0.0833. The number of aryl methyl sites for hydroxylation is 1. The Bertz CT molecular complexity index is 633. The van der Waals surface area contributed by atoms with E-state index in [1.165, 1.54) is 18.2 Å². The molecule has 18 heavy (non-hydrogen) atoms. The van der Waals surface area contributed by atoms with Crippen molar-refractivity contribution < 1.29 is 14.1 Å². The van der Waals surface area contributed by atoms with Gasteiger partial charge in [0.25, 0.3) is 5.69 Å². The summed E-state index contributed by atoms with van der Waals surface area (Å²) in [6, 6.07) is 5.84. The molecule has 6 heteroatoms. The maximum absolute atomic E-state index is 11.0. The Hall–Kier alpha value is -2.14. The zero-order valence-corrected chi connectivity index (χ0v) is 10.1. The highest BCUT2D eigenvalue weighted by molar-refractivity contribution is 6.31. The van der Waals surface area contributed by atoms with Crippen LogP contribution in [0.1, 0.15) is 16.1 Å². The quantitative estimate of drug-likeness (QED) is 0.482. The third-order valence-electron chi connectivity index (χ3n) is 2.47. The molecule has 92 valence electrons. The first-order valence-electron chi connectivity index (χ1n) is 5.03. The molecule has 0 aliphatic carbocycles. The van der Waals surface area contributed by atoms with Gasteiger partial charge in [0.15, 0.2) is 12.0 Å². The molecule has 1 aromatic carbocycles. The second kappa shape index (κ2) is 4.62. The molecule has 0 aliphatic heterocycles. The maximum Gasteiger partial charge on any atom is 0.282 e. The summed E-state index contributed by atoms with van der Waals surface area (Å²) < 4.78 is 5.21. The van der Waals surface area contributed by atoms with Crippen molar-refractivity contribution in [3.8, 4) is 11.3 Å². The van der Waals surface area contributed by atoms with E-state index in [1.54, 1.807) is 13.0 Å². The topological polar surface area (TPSA) is 73.3 Å². The summed E-state index contributed by atoms with van der Waals surface area (Å²) in [6.45, 7) is 1.69. The van der Waals surface area contributed by atoms with Crippen molar-refractivity contribution in [3.63, 3.8) is 0 Å². The smallest absolute Gasteiger partial charge is 0.282 e.